The zero-order valence-corrected chi connectivity index (χ0v) is 23.6. The molecule has 3 amide bonds. The molecule has 1 spiro atoms. The van der Waals surface area contributed by atoms with E-state index in [4.69, 9.17) is 14.2 Å². The molecule has 40 heavy (non-hydrogen) atoms. The lowest BCUT2D eigenvalue weighted by atomic mass is 9.70. The average Bonchev–Trinajstić information content (AvgIpc) is 3.58. The number of carbonyl (C=O) groups excluding carboxylic acids is 3. The smallest absolute Gasteiger partial charge is 0.245 e. The van der Waals surface area contributed by atoms with Gasteiger partial charge in [0.25, 0.3) is 0 Å². The summed E-state index contributed by atoms with van der Waals surface area (Å²) in [6, 6.07) is 5.61. The summed E-state index contributed by atoms with van der Waals surface area (Å²) < 4.78 is 17.4. The van der Waals surface area contributed by atoms with Crippen molar-refractivity contribution in [3.8, 4) is 5.75 Å². The van der Waals surface area contributed by atoms with Crippen LogP contribution in [-0.2, 0) is 23.9 Å². The molecule has 4 fully saturated rings. The van der Waals surface area contributed by atoms with Crippen LogP contribution in [0.3, 0.4) is 0 Å². The molecule has 0 saturated carbocycles. The number of hydrogen-bond donors (Lipinski definition) is 3. The molecule has 0 aromatic heterocycles. The van der Waals surface area contributed by atoms with E-state index in [2.05, 4.69) is 15.5 Å². The Balaban J connectivity index is 1.37. The number of aliphatic hydroxyl groups excluding tert-OH is 1. The number of nitrogens with one attached hydrogen (secondary N) is 2. The number of likely N-dealkylation sites (tertiary alicyclic amines) is 1. The van der Waals surface area contributed by atoms with E-state index in [1.807, 2.05) is 20.8 Å². The van der Waals surface area contributed by atoms with Crippen molar-refractivity contribution in [3.05, 3.63) is 24.3 Å². The number of amides is 3. The molecule has 220 valence electrons. The van der Waals surface area contributed by atoms with E-state index in [0.29, 0.717) is 57.2 Å². The number of fused-ring (bicyclic) bond motifs is 1. The lowest BCUT2D eigenvalue weighted by Gasteiger charge is -2.38. The van der Waals surface area contributed by atoms with Gasteiger partial charge in [0.05, 0.1) is 50.4 Å². The van der Waals surface area contributed by atoms with E-state index in [-0.39, 0.29) is 30.2 Å². The van der Waals surface area contributed by atoms with Gasteiger partial charge in [-0.25, -0.2) is 0 Å². The Morgan fingerprint density at radius 2 is 1.90 bits per heavy atom. The zero-order valence-electron chi connectivity index (χ0n) is 23.6. The molecular formula is C29H42N4O7. The van der Waals surface area contributed by atoms with Gasteiger partial charge in [0.15, 0.2) is 0 Å². The molecule has 2 bridgehead atoms. The highest BCUT2D eigenvalue weighted by Crippen LogP contribution is 2.59. The van der Waals surface area contributed by atoms with Gasteiger partial charge in [0.1, 0.15) is 17.4 Å². The average molecular weight is 559 g/mol. The molecule has 2 unspecified atom stereocenters. The quantitative estimate of drug-likeness (QED) is 0.365. The maximum absolute atomic E-state index is 14.1. The normalized spacial score (nSPS) is 30.4. The first-order chi connectivity index (χ1) is 19.3. The summed E-state index contributed by atoms with van der Waals surface area (Å²) in [6.07, 6.45) is 0.645. The van der Waals surface area contributed by atoms with Crippen LogP contribution >= 0.6 is 0 Å². The third kappa shape index (κ3) is 5.20. The number of anilines is 1. The lowest BCUT2D eigenvalue weighted by Crippen LogP contribution is -2.59. The summed E-state index contributed by atoms with van der Waals surface area (Å²) in [5.74, 6) is -1.81. The van der Waals surface area contributed by atoms with Crippen LogP contribution in [0.15, 0.2) is 24.3 Å². The van der Waals surface area contributed by atoms with Crippen LogP contribution in [0.5, 0.6) is 5.75 Å². The predicted molar refractivity (Wildman–Crippen MR) is 147 cm³/mol. The van der Waals surface area contributed by atoms with Gasteiger partial charge in [0, 0.05) is 31.9 Å². The van der Waals surface area contributed by atoms with Crippen LogP contribution in [-0.4, -0.2) is 109 Å². The van der Waals surface area contributed by atoms with Crippen LogP contribution in [0.1, 0.15) is 33.6 Å². The first kappa shape index (κ1) is 28.8. The van der Waals surface area contributed by atoms with Gasteiger partial charge < -0.3 is 34.9 Å². The fraction of sp³-hybridized carbons (Fsp3) is 0.690. The number of aliphatic hydroxyl groups is 1. The minimum absolute atomic E-state index is 0.0962. The Bertz CT molecular complexity index is 1080. The highest BCUT2D eigenvalue weighted by molar-refractivity contribution is 6.02. The van der Waals surface area contributed by atoms with Gasteiger partial charge in [-0.2, -0.15) is 0 Å². The van der Waals surface area contributed by atoms with Crippen LogP contribution in [0.25, 0.3) is 0 Å². The van der Waals surface area contributed by atoms with E-state index in [1.54, 1.807) is 24.3 Å². The molecule has 1 aromatic carbocycles. The van der Waals surface area contributed by atoms with Crippen molar-refractivity contribution in [2.75, 3.05) is 57.9 Å². The molecule has 1 aromatic rings. The number of benzene rings is 1. The van der Waals surface area contributed by atoms with E-state index in [0.717, 1.165) is 13.1 Å². The van der Waals surface area contributed by atoms with Crippen LogP contribution in [0, 0.1) is 17.8 Å². The van der Waals surface area contributed by atoms with Crippen molar-refractivity contribution in [2.24, 2.45) is 17.8 Å². The van der Waals surface area contributed by atoms with E-state index in [1.165, 1.54) is 4.90 Å². The minimum Gasteiger partial charge on any atom is -0.494 e. The monoisotopic (exact) mass is 558 g/mol. The Kier molecular flexibility index (Phi) is 8.65. The van der Waals surface area contributed by atoms with Gasteiger partial charge in [-0.3, -0.25) is 19.3 Å². The highest BCUT2D eigenvalue weighted by atomic mass is 16.5. The predicted octanol–water partition coefficient (Wildman–Crippen LogP) is 0.864. The lowest BCUT2D eigenvalue weighted by molar-refractivity contribution is -0.146. The van der Waals surface area contributed by atoms with Crippen molar-refractivity contribution >= 4 is 23.4 Å². The summed E-state index contributed by atoms with van der Waals surface area (Å²) in [5.41, 5.74) is -0.506. The van der Waals surface area contributed by atoms with E-state index < -0.39 is 35.6 Å². The molecule has 6 atom stereocenters. The third-order valence-electron chi connectivity index (χ3n) is 8.87. The third-order valence-corrected chi connectivity index (χ3v) is 8.87. The molecule has 3 N–H and O–H groups in total. The Morgan fingerprint density at radius 1 is 1.18 bits per heavy atom. The Morgan fingerprint density at radius 3 is 2.55 bits per heavy atom. The van der Waals surface area contributed by atoms with Crippen LogP contribution in [0.4, 0.5) is 5.69 Å². The Labute approximate surface area is 235 Å². The fourth-order valence-electron chi connectivity index (χ4n) is 6.95. The van der Waals surface area contributed by atoms with E-state index >= 15 is 0 Å². The topological polar surface area (TPSA) is 130 Å². The minimum atomic E-state index is -1.10. The number of morpholine rings is 1. The molecule has 11 heteroatoms. The summed E-state index contributed by atoms with van der Waals surface area (Å²) in [4.78, 5) is 45.4. The van der Waals surface area contributed by atoms with Crippen molar-refractivity contribution in [1.82, 2.24) is 15.1 Å². The van der Waals surface area contributed by atoms with Gasteiger partial charge >= 0.3 is 0 Å². The number of carbonyl (C=O) groups is 3. The largest absolute Gasteiger partial charge is 0.494 e. The molecule has 4 aliphatic heterocycles. The summed E-state index contributed by atoms with van der Waals surface area (Å²) in [6.45, 7) is 10.1. The highest BCUT2D eigenvalue weighted by Gasteiger charge is 2.75. The number of hydrogen-bond acceptors (Lipinski definition) is 8. The molecule has 5 rings (SSSR count). The van der Waals surface area contributed by atoms with Crippen LogP contribution < -0.4 is 15.4 Å². The SMILES string of the molecule is CCOc1ccc(NC(=O)[C@@H]2[C@@H]3CCC4(O3)C(C(=O)NCCN3CCOCC3)N([C@@H](CO)C(C)C)C(=O)[C@H]24)cc1. The standard InChI is InChI=1S/C29H42N4O7/c1-4-39-20-7-5-19(6-8-20)31-26(35)23-22-9-10-29(40-22)24(23)28(37)33(21(17-34)18(2)3)25(29)27(36)30-11-12-32-13-15-38-16-14-32/h5-8,18,21-25,34H,4,9-17H2,1-3H3,(H,30,36)(H,31,35)/t21-,22-,23+,24-,25?,29?/m0/s1. The Hall–Kier alpha value is -2.73. The summed E-state index contributed by atoms with van der Waals surface area (Å²) in [5, 5.41) is 16.3. The van der Waals surface area contributed by atoms with Crippen molar-refractivity contribution < 1.29 is 33.7 Å². The molecule has 4 heterocycles. The fourth-order valence-corrected chi connectivity index (χ4v) is 6.95. The zero-order chi connectivity index (χ0) is 28.4. The first-order valence-electron chi connectivity index (χ1n) is 14.5. The van der Waals surface area contributed by atoms with Crippen molar-refractivity contribution in [3.63, 3.8) is 0 Å². The number of rotatable bonds is 11. The van der Waals surface area contributed by atoms with Gasteiger partial charge in [-0.15, -0.1) is 0 Å². The second-order valence-corrected chi connectivity index (χ2v) is 11.5. The molecule has 4 aliphatic rings. The second kappa shape index (κ2) is 12.0. The first-order valence-corrected chi connectivity index (χ1v) is 14.5. The van der Waals surface area contributed by atoms with E-state index in [9.17, 15) is 19.5 Å². The molecule has 4 saturated heterocycles. The molecule has 0 radical (unpaired) electrons. The van der Waals surface area contributed by atoms with Gasteiger partial charge in [-0.05, 0) is 49.9 Å². The van der Waals surface area contributed by atoms with Crippen LogP contribution in [0.2, 0.25) is 0 Å². The summed E-state index contributed by atoms with van der Waals surface area (Å²) in [7, 11) is 0. The molecular weight excluding hydrogens is 516 g/mol. The number of nitrogens with zero attached hydrogens (tertiary/aromatic N) is 2. The van der Waals surface area contributed by atoms with Crippen molar-refractivity contribution in [1.29, 1.82) is 0 Å². The van der Waals surface area contributed by atoms with Gasteiger partial charge in [0.2, 0.25) is 17.7 Å². The molecule has 0 aliphatic carbocycles. The second-order valence-electron chi connectivity index (χ2n) is 11.5. The number of ether oxygens (including phenoxy) is 3. The van der Waals surface area contributed by atoms with Crippen molar-refractivity contribution in [2.45, 2.75) is 57.4 Å². The van der Waals surface area contributed by atoms with Gasteiger partial charge in [-0.1, -0.05) is 13.8 Å². The maximum Gasteiger partial charge on any atom is 0.245 e. The molecule has 11 nitrogen and oxygen atoms in total. The summed E-state index contributed by atoms with van der Waals surface area (Å²) >= 11 is 0. The maximum atomic E-state index is 14.1.